The molecule has 4 fully saturated rings. The van der Waals surface area contributed by atoms with Gasteiger partial charge in [0.1, 0.15) is 5.76 Å². The van der Waals surface area contributed by atoms with Crippen LogP contribution in [0.5, 0.6) is 0 Å². The zero-order valence-electron chi connectivity index (χ0n) is 10.9. The summed E-state index contributed by atoms with van der Waals surface area (Å²) in [5, 5.41) is 4.07. The van der Waals surface area contributed by atoms with Gasteiger partial charge in [-0.3, -0.25) is 0 Å². The van der Waals surface area contributed by atoms with Crippen molar-refractivity contribution in [2.24, 2.45) is 23.5 Å². The summed E-state index contributed by atoms with van der Waals surface area (Å²) in [4.78, 5) is 0. The number of rotatable bonds is 3. The minimum Gasteiger partial charge on any atom is -0.361 e. The van der Waals surface area contributed by atoms with Crippen molar-refractivity contribution >= 4 is 0 Å². The second kappa shape index (κ2) is 3.83. The fourth-order valence-corrected chi connectivity index (χ4v) is 5.42. The first-order chi connectivity index (χ1) is 8.79. The van der Waals surface area contributed by atoms with Crippen molar-refractivity contribution < 1.29 is 4.52 Å². The van der Waals surface area contributed by atoms with E-state index in [1.165, 1.54) is 49.8 Å². The topological polar surface area (TPSA) is 52.0 Å². The van der Waals surface area contributed by atoms with Gasteiger partial charge in [0, 0.05) is 11.0 Å². The van der Waals surface area contributed by atoms with Gasteiger partial charge in [-0.05, 0) is 69.2 Å². The monoisotopic (exact) mass is 246 g/mol. The number of nitrogens with two attached hydrogens (primary N) is 1. The molecule has 0 radical (unpaired) electrons. The Morgan fingerprint density at radius 2 is 1.78 bits per heavy atom. The number of nitrogens with zero attached hydrogens (tertiary/aromatic N) is 1. The predicted molar refractivity (Wildman–Crippen MR) is 69.1 cm³/mol. The Kier molecular flexibility index (Phi) is 2.35. The molecule has 5 rings (SSSR count). The highest BCUT2D eigenvalue weighted by Gasteiger charge is 2.53. The van der Waals surface area contributed by atoms with E-state index in [4.69, 9.17) is 10.3 Å². The standard InChI is InChI=1S/C15H22N2O/c16-2-1-13-9-17-18-14(13)15-6-10-3-11(7-15)5-12(4-10)8-15/h9-12H,1-8,16H2. The van der Waals surface area contributed by atoms with Crippen LogP contribution in [-0.2, 0) is 11.8 Å². The van der Waals surface area contributed by atoms with Crippen LogP contribution in [0.3, 0.4) is 0 Å². The largest absolute Gasteiger partial charge is 0.361 e. The summed E-state index contributed by atoms with van der Waals surface area (Å²) in [6.45, 7) is 0.695. The van der Waals surface area contributed by atoms with Gasteiger partial charge in [-0.25, -0.2) is 0 Å². The molecule has 0 unspecified atom stereocenters. The fourth-order valence-electron chi connectivity index (χ4n) is 5.42. The van der Waals surface area contributed by atoms with E-state index < -0.39 is 0 Å². The van der Waals surface area contributed by atoms with Crippen LogP contribution < -0.4 is 5.73 Å². The van der Waals surface area contributed by atoms with Crippen LogP contribution >= 0.6 is 0 Å². The second-order valence-corrected chi connectivity index (χ2v) is 6.92. The lowest BCUT2D eigenvalue weighted by Gasteiger charge is -2.55. The van der Waals surface area contributed by atoms with Crippen molar-refractivity contribution in [3.05, 3.63) is 17.5 Å². The lowest BCUT2D eigenvalue weighted by Crippen LogP contribution is -2.48. The predicted octanol–water partition coefficient (Wildman–Crippen LogP) is 2.64. The molecule has 0 saturated heterocycles. The zero-order valence-corrected chi connectivity index (χ0v) is 10.9. The molecular weight excluding hydrogens is 224 g/mol. The Balaban J connectivity index is 1.72. The second-order valence-electron chi connectivity index (χ2n) is 6.92. The van der Waals surface area contributed by atoms with Gasteiger partial charge in [-0.1, -0.05) is 5.16 Å². The van der Waals surface area contributed by atoms with Crippen LogP contribution in [0.2, 0.25) is 0 Å². The van der Waals surface area contributed by atoms with E-state index in [-0.39, 0.29) is 0 Å². The van der Waals surface area contributed by atoms with Gasteiger partial charge >= 0.3 is 0 Å². The summed E-state index contributed by atoms with van der Waals surface area (Å²) in [6, 6.07) is 0. The van der Waals surface area contributed by atoms with E-state index in [2.05, 4.69) is 5.16 Å². The fraction of sp³-hybridized carbons (Fsp3) is 0.800. The molecule has 1 aromatic rings. The smallest absolute Gasteiger partial charge is 0.146 e. The van der Waals surface area contributed by atoms with Gasteiger partial charge in [0.25, 0.3) is 0 Å². The third kappa shape index (κ3) is 1.49. The first-order valence-corrected chi connectivity index (χ1v) is 7.43. The molecule has 1 heterocycles. The Morgan fingerprint density at radius 3 is 2.33 bits per heavy atom. The highest BCUT2D eigenvalue weighted by Crippen LogP contribution is 2.61. The van der Waals surface area contributed by atoms with Gasteiger partial charge < -0.3 is 10.3 Å². The van der Waals surface area contributed by atoms with Gasteiger partial charge in [0.15, 0.2) is 0 Å². The summed E-state index contributed by atoms with van der Waals surface area (Å²) in [7, 11) is 0. The molecule has 0 spiro atoms. The summed E-state index contributed by atoms with van der Waals surface area (Å²) < 4.78 is 5.70. The van der Waals surface area contributed by atoms with E-state index in [0.29, 0.717) is 12.0 Å². The molecule has 0 aliphatic heterocycles. The highest BCUT2D eigenvalue weighted by molar-refractivity contribution is 5.27. The Bertz CT molecular complexity index is 416. The lowest BCUT2D eigenvalue weighted by molar-refractivity contribution is -0.0180. The average molecular weight is 246 g/mol. The molecule has 4 saturated carbocycles. The minimum atomic E-state index is 0.329. The van der Waals surface area contributed by atoms with Crippen LogP contribution in [0.1, 0.15) is 49.8 Å². The third-order valence-corrected chi connectivity index (χ3v) is 5.58. The molecule has 1 aromatic heterocycles. The van der Waals surface area contributed by atoms with Gasteiger partial charge in [0.2, 0.25) is 0 Å². The van der Waals surface area contributed by atoms with E-state index in [0.717, 1.165) is 24.2 Å². The summed E-state index contributed by atoms with van der Waals surface area (Å²) in [5.74, 6) is 4.05. The minimum absolute atomic E-state index is 0.329. The molecule has 0 aromatic carbocycles. The van der Waals surface area contributed by atoms with Crippen LogP contribution in [-0.4, -0.2) is 11.7 Å². The SMILES string of the molecule is NCCc1cnoc1C12CC3CC(CC(C3)C1)C2. The first kappa shape index (κ1) is 11.0. The van der Waals surface area contributed by atoms with E-state index in [1.54, 1.807) is 0 Å². The molecule has 2 N–H and O–H groups in total. The first-order valence-electron chi connectivity index (χ1n) is 7.43. The summed E-state index contributed by atoms with van der Waals surface area (Å²) in [6.07, 6.45) is 11.3. The normalized spacial score (nSPS) is 41.5. The van der Waals surface area contributed by atoms with Crippen LogP contribution in [0.4, 0.5) is 0 Å². The Labute approximate surface area is 108 Å². The molecule has 0 atom stereocenters. The molecule has 0 amide bonds. The van der Waals surface area contributed by atoms with Gasteiger partial charge in [0.05, 0.1) is 6.20 Å². The van der Waals surface area contributed by atoms with Crippen LogP contribution in [0.25, 0.3) is 0 Å². The zero-order chi connectivity index (χ0) is 12.2. The molecule has 4 aliphatic carbocycles. The maximum Gasteiger partial charge on any atom is 0.146 e. The van der Waals surface area contributed by atoms with Crippen LogP contribution in [0, 0.1) is 17.8 Å². The maximum atomic E-state index is 5.71. The van der Waals surface area contributed by atoms with Gasteiger partial charge in [-0.2, -0.15) is 0 Å². The summed E-state index contributed by atoms with van der Waals surface area (Å²) in [5.41, 5.74) is 7.32. The van der Waals surface area contributed by atoms with Crippen molar-refractivity contribution in [2.75, 3.05) is 6.54 Å². The Morgan fingerprint density at radius 1 is 1.17 bits per heavy atom. The van der Waals surface area contributed by atoms with Crippen molar-refractivity contribution in [3.63, 3.8) is 0 Å². The van der Waals surface area contributed by atoms with E-state index in [9.17, 15) is 0 Å². The van der Waals surface area contributed by atoms with Crippen molar-refractivity contribution in [1.29, 1.82) is 0 Å². The highest BCUT2D eigenvalue weighted by atomic mass is 16.5. The van der Waals surface area contributed by atoms with E-state index in [1.807, 2.05) is 6.20 Å². The quantitative estimate of drug-likeness (QED) is 0.892. The number of aromatic nitrogens is 1. The van der Waals surface area contributed by atoms with E-state index >= 15 is 0 Å². The Hall–Kier alpha value is -0.830. The van der Waals surface area contributed by atoms with Crippen molar-refractivity contribution in [2.45, 2.75) is 50.4 Å². The molecule has 4 bridgehead atoms. The average Bonchev–Trinajstić information content (AvgIpc) is 2.76. The number of hydrogen-bond acceptors (Lipinski definition) is 3. The molecule has 18 heavy (non-hydrogen) atoms. The van der Waals surface area contributed by atoms with Crippen LogP contribution in [0.15, 0.2) is 10.7 Å². The molecule has 3 heteroatoms. The molecule has 3 nitrogen and oxygen atoms in total. The lowest BCUT2D eigenvalue weighted by atomic mass is 9.48. The summed E-state index contributed by atoms with van der Waals surface area (Å²) >= 11 is 0. The van der Waals surface area contributed by atoms with Crippen molar-refractivity contribution in [3.8, 4) is 0 Å². The maximum absolute atomic E-state index is 5.71. The van der Waals surface area contributed by atoms with Gasteiger partial charge in [-0.15, -0.1) is 0 Å². The molecule has 98 valence electrons. The molecule has 4 aliphatic rings. The molecular formula is C15H22N2O. The van der Waals surface area contributed by atoms with Crippen molar-refractivity contribution in [1.82, 2.24) is 5.16 Å². The number of hydrogen-bond donors (Lipinski definition) is 1. The third-order valence-electron chi connectivity index (χ3n) is 5.58.